The number of hydrogen-bond donors (Lipinski definition) is 2. The van der Waals surface area contributed by atoms with E-state index in [9.17, 15) is 19.5 Å². The highest BCUT2D eigenvalue weighted by Gasteiger charge is 2.58. The van der Waals surface area contributed by atoms with Crippen molar-refractivity contribution < 1.29 is 24.2 Å². The fraction of sp³-hybridized carbons (Fsp3) is 0.522. The van der Waals surface area contributed by atoms with Crippen molar-refractivity contribution in [2.24, 2.45) is 23.7 Å². The van der Waals surface area contributed by atoms with Gasteiger partial charge in [-0.25, -0.2) is 0 Å². The maximum atomic E-state index is 13.6. The second kappa shape index (κ2) is 9.83. The maximum Gasteiger partial charge on any atom is 0.310 e. The molecule has 31 heavy (non-hydrogen) atoms. The average molecular weight is 449 g/mol. The molecule has 0 unspecified atom stereocenters. The topological polar surface area (TPSA) is 95.9 Å². The highest BCUT2D eigenvalue weighted by atomic mass is 35.5. The number of hydrogen-bond acceptors (Lipinski definition) is 5. The molecule has 0 radical (unpaired) electrons. The number of nitrogens with one attached hydrogen (secondary N) is 1. The van der Waals surface area contributed by atoms with Crippen LogP contribution in [0.4, 0.5) is 5.69 Å². The van der Waals surface area contributed by atoms with Gasteiger partial charge in [0, 0.05) is 5.92 Å². The van der Waals surface area contributed by atoms with Crippen molar-refractivity contribution in [2.75, 3.05) is 18.5 Å². The number of nitrogens with zero attached hydrogens (tertiary/aromatic N) is 1. The number of aliphatic hydroxyl groups is 1. The monoisotopic (exact) mass is 448 g/mol. The predicted molar refractivity (Wildman–Crippen MR) is 117 cm³/mol. The molecular formula is C23H29ClN2O5. The molecule has 1 aromatic rings. The number of aliphatic hydroxyl groups excluding tert-OH is 1. The number of likely N-dealkylation sites (tertiary alicyclic amines) is 1. The number of halogens is 1. The van der Waals surface area contributed by atoms with E-state index in [-0.39, 0.29) is 25.0 Å². The Bertz CT molecular complexity index is 869. The highest BCUT2D eigenvalue weighted by molar-refractivity contribution is 6.33. The van der Waals surface area contributed by atoms with Gasteiger partial charge in [0.2, 0.25) is 11.8 Å². The van der Waals surface area contributed by atoms with Crippen molar-refractivity contribution in [2.45, 2.75) is 39.3 Å². The first kappa shape index (κ1) is 23.3. The predicted octanol–water partition coefficient (Wildman–Crippen LogP) is 2.88. The van der Waals surface area contributed by atoms with E-state index in [2.05, 4.69) is 5.32 Å². The zero-order chi connectivity index (χ0) is 22.7. The maximum absolute atomic E-state index is 13.6. The molecule has 1 aliphatic heterocycles. The van der Waals surface area contributed by atoms with Crippen LogP contribution in [0.3, 0.4) is 0 Å². The van der Waals surface area contributed by atoms with Crippen LogP contribution in [0.5, 0.6) is 0 Å². The molecule has 2 N–H and O–H groups in total. The van der Waals surface area contributed by atoms with Gasteiger partial charge in [0.05, 0.1) is 41.8 Å². The van der Waals surface area contributed by atoms with Crippen LogP contribution in [0.15, 0.2) is 36.4 Å². The Kier molecular flexibility index (Phi) is 7.38. The summed E-state index contributed by atoms with van der Waals surface area (Å²) in [6.07, 6.45) is 4.19. The van der Waals surface area contributed by atoms with Gasteiger partial charge in [-0.3, -0.25) is 14.4 Å². The van der Waals surface area contributed by atoms with Crippen LogP contribution in [0.1, 0.15) is 27.2 Å². The number of para-hydroxylation sites is 1. The number of amides is 2. The molecule has 7 nitrogen and oxygen atoms in total. The van der Waals surface area contributed by atoms with E-state index in [1.807, 2.05) is 26.0 Å². The number of esters is 1. The number of fused-ring (bicyclic) bond motifs is 1. The first-order valence-corrected chi connectivity index (χ1v) is 11.1. The Hall–Kier alpha value is -2.38. The van der Waals surface area contributed by atoms with Gasteiger partial charge in [0.25, 0.3) is 0 Å². The molecule has 0 spiro atoms. The molecule has 1 saturated heterocycles. The molecule has 1 aliphatic carbocycles. The van der Waals surface area contributed by atoms with E-state index in [1.54, 1.807) is 31.2 Å². The molecule has 6 atom stereocenters. The normalized spacial score (nSPS) is 28.2. The van der Waals surface area contributed by atoms with E-state index in [1.165, 1.54) is 4.90 Å². The minimum atomic E-state index is -0.869. The molecule has 1 heterocycles. The van der Waals surface area contributed by atoms with Crippen molar-refractivity contribution in [3.8, 4) is 0 Å². The third-order valence-electron chi connectivity index (χ3n) is 6.24. The number of anilines is 1. The minimum absolute atomic E-state index is 0.203. The largest absolute Gasteiger partial charge is 0.466 e. The lowest BCUT2D eigenvalue weighted by Crippen LogP contribution is -2.50. The zero-order valence-electron chi connectivity index (χ0n) is 18.0. The SMILES string of the molecule is CCOC(=O)[C@H]1[C@@H]2C(=O)N([C@@H](CC)CO)[C@H](C(=O)Nc3ccccc3Cl)[C@H]2C=C[C@H]1C. The molecule has 1 aromatic carbocycles. The van der Waals surface area contributed by atoms with Crippen LogP contribution < -0.4 is 5.32 Å². The van der Waals surface area contributed by atoms with Crippen LogP contribution in [-0.2, 0) is 19.1 Å². The summed E-state index contributed by atoms with van der Waals surface area (Å²) in [5, 5.41) is 13.1. The smallest absolute Gasteiger partial charge is 0.310 e. The van der Waals surface area contributed by atoms with Crippen molar-refractivity contribution in [3.63, 3.8) is 0 Å². The van der Waals surface area contributed by atoms with E-state index in [0.29, 0.717) is 17.1 Å². The Balaban J connectivity index is 2.01. The second-order valence-corrected chi connectivity index (χ2v) is 8.44. The number of allylic oxidation sites excluding steroid dienone is 1. The molecule has 0 aromatic heterocycles. The van der Waals surface area contributed by atoms with Crippen molar-refractivity contribution in [1.29, 1.82) is 0 Å². The fourth-order valence-corrected chi connectivity index (χ4v) is 4.90. The van der Waals surface area contributed by atoms with Crippen LogP contribution in [0.2, 0.25) is 5.02 Å². The number of ether oxygens (including phenoxy) is 1. The average Bonchev–Trinajstić information content (AvgIpc) is 3.03. The fourth-order valence-electron chi connectivity index (χ4n) is 4.71. The van der Waals surface area contributed by atoms with Crippen molar-refractivity contribution >= 4 is 35.1 Å². The molecule has 1 fully saturated rings. The van der Waals surface area contributed by atoms with E-state index < -0.39 is 41.7 Å². The van der Waals surface area contributed by atoms with Gasteiger partial charge in [-0.15, -0.1) is 0 Å². The van der Waals surface area contributed by atoms with Gasteiger partial charge in [-0.05, 0) is 31.4 Å². The van der Waals surface area contributed by atoms with Gasteiger partial charge in [0.1, 0.15) is 6.04 Å². The summed E-state index contributed by atoms with van der Waals surface area (Å²) in [5.41, 5.74) is 0.442. The van der Waals surface area contributed by atoms with Crippen LogP contribution >= 0.6 is 11.6 Å². The first-order valence-electron chi connectivity index (χ1n) is 10.7. The summed E-state index contributed by atoms with van der Waals surface area (Å²) >= 11 is 6.20. The zero-order valence-corrected chi connectivity index (χ0v) is 18.7. The summed E-state index contributed by atoms with van der Waals surface area (Å²) < 4.78 is 5.25. The van der Waals surface area contributed by atoms with Gasteiger partial charge >= 0.3 is 5.97 Å². The molecular weight excluding hydrogens is 420 g/mol. The summed E-state index contributed by atoms with van der Waals surface area (Å²) in [4.78, 5) is 41.2. The van der Waals surface area contributed by atoms with Gasteiger partial charge in [-0.1, -0.05) is 49.7 Å². The lowest BCUT2D eigenvalue weighted by atomic mass is 9.70. The number of rotatable bonds is 7. The van der Waals surface area contributed by atoms with Crippen LogP contribution in [0, 0.1) is 23.7 Å². The molecule has 3 rings (SSSR count). The highest BCUT2D eigenvalue weighted by Crippen LogP contribution is 2.45. The van der Waals surface area contributed by atoms with Gasteiger partial charge in [-0.2, -0.15) is 0 Å². The molecule has 168 valence electrons. The number of benzene rings is 1. The van der Waals surface area contributed by atoms with Crippen molar-refractivity contribution in [1.82, 2.24) is 4.90 Å². The number of carbonyl (C=O) groups excluding carboxylic acids is 3. The molecule has 2 amide bonds. The summed E-state index contributed by atoms with van der Waals surface area (Å²) in [6, 6.07) is 5.46. The lowest BCUT2D eigenvalue weighted by molar-refractivity contribution is -0.155. The van der Waals surface area contributed by atoms with E-state index in [0.717, 1.165) is 0 Å². The quantitative estimate of drug-likeness (QED) is 0.494. The molecule has 0 saturated carbocycles. The second-order valence-electron chi connectivity index (χ2n) is 8.03. The third kappa shape index (κ3) is 4.34. The molecule has 2 aliphatic rings. The van der Waals surface area contributed by atoms with Gasteiger partial charge < -0.3 is 20.1 Å². The van der Waals surface area contributed by atoms with E-state index in [4.69, 9.17) is 16.3 Å². The summed E-state index contributed by atoms with van der Waals surface area (Å²) in [6.45, 7) is 5.37. The third-order valence-corrected chi connectivity index (χ3v) is 6.57. The lowest BCUT2D eigenvalue weighted by Gasteiger charge is -2.33. The first-order chi connectivity index (χ1) is 14.8. The van der Waals surface area contributed by atoms with Crippen molar-refractivity contribution in [3.05, 3.63) is 41.4 Å². The molecule has 8 heteroatoms. The van der Waals surface area contributed by atoms with Gasteiger partial charge in [0.15, 0.2) is 0 Å². The Morgan fingerprint density at radius 2 is 1.97 bits per heavy atom. The summed E-state index contributed by atoms with van der Waals surface area (Å²) in [5.74, 6) is -3.26. The Morgan fingerprint density at radius 3 is 2.58 bits per heavy atom. The van der Waals surface area contributed by atoms with E-state index >= 15 is 0 Å². The minimum Gasteiger partial charge on any atom is -0.466 e. The van der Waals surface area contributed by atoms with Crippen LogP contribution in [0.25, 0.3) is 0 Å². The molecule has 0 bridgehead atoms. The van der Waals surface area contributed by atoms with Crippen LogP contribution in [-0.4, -0.2) is 53.1 Å². The number of carbonyl (C=O) groups is 3. The Labute approximate surface area is 187 Å². The Morgan fingerprint density at radius 1 is 1.26 bits per heavy atom. The summed E-state index contributed by atoms with van der Waals surface area (Å²) in [7, 11) is 0. The standard InChI is InChI=1S/C23H29ClN2O5/c1-4-14(12-27)26-20(21(28)25-17-9-7-6-8-16(17)24)15-11-10-13(3)18(19(15)22(26)29)23(30)31-5-2/h6-11,13-15,18-20,27H,4-5,12H2,1-3H3,(H,25,28)/t13-,14+,15+,18-,19-,20+/m1/s1.